The monoisotopic (exact) mass is 485 g/mol. The summed E-state index contributed by atoms with van der Waals surface area (Å²) >= 11 is 0. The molecule has 2 aromatic heterocycles. The SMILES string of the molecule is Cc1cc(Nc2nccc(-c3ccc(N4CCOCC4)nc3)n2)ccc1N1C[C@@H]2C[C@H]1CN2C(=N)N. The molecule has 0 radical (unpaired) electrons. The topological polar surface area (TPSA) is 120 Å². The molecule has 0 spiro atoms. The number of hydrogen-bond acceptors (Lipinski definition) is 8. The van der Waals surface area contributed by atoms with Gasteiger partial charge in [0.2, 0.25) is 5.95 Å². The zero-order valence-corrected chi connectivity index (χ0v) is 20.4. The van der Waals surface area contributed by atoms with Crippen molar-refractivity contribution >= 4 is 29.1 Å². The Balaban J connectivity index is 1.14. The molecule has 2 atom stereocenters. The van der Waals surface area contributed by atoms with E-state index in [1.165, 1.54) is 11.3 Å². The average molecular weight is 486 g/mol. The maximum absolute atomic E-state index is 7.77. The Kier molecular flexibility index (Phi) is 5.80. The lowest BCUT2D eigenvalue weighted by molar-refractivity contribution is 0.122. The highest BCUT2D eigenvalue weighted by molar-refractivity contribution is 5.76. The Bertz CT molecular complexity index is 1260. The van der Waals surface area contributed by atoms with Gasteiger partial charge < -0.3 is 30.5 Å². The third-order valence-electron chi connectivity index (χ3n) is 7.35. The Morgan fingerprint density at radius 1 is 1.08 bits per heavy atom. The van der Waals surface area contributed by atoms with E-state index in [-0.39, 0.29) is 5.96 Å². The molecule has 0 aliphatic carbocycles. The molecular weight excluding hydrogens is 454 g/mol. The van der Waals surface area contributed by atoms with Gasteiger partial charge in [0.05, 0.1) is 24.9 Å². The molecule has 3 fully saturated rings. The molecule has 10 heteroatoms. The van der Waals surface area contributed by atoms with E-state index in [1.54, 1.807) is 6.20 Å². The minimum atomic E-state index is 0.185. The van der Waals surface area contributed by atoms with Crippen molar-refractivity contribution in [3.8, 4) is 11.3 Å². The highest BCUT2D eigenvalue weighted by Gasteiger charge is 2.44. The number of ether oxygens (including phenoxy) is 1. The predicted molar refractivity (Wildman–Crippen MR) is 141 cm³/mol. The molecule has 5 heterocycles. The first-order valence-electron chi connectivity index (χ1n) is 12.4. The number of anilines is 4. The molecule has 186 valence electrons. The standard InChI is InChI=1S/C26H31N9O/c1-17-12-19(3-4-23(17)34-15-21-13-20(34)16-35(21)25(27)28)31-26-29-7-6-22(32-26)18-2-5-24(30-14-18)33-8-10-36-11-9-33/h2-7,12,14,20-21H,8-11,13,15-16H2,1H3,(H3,27,28)(H,29,31,32)/t20-,21-/m0/s1. The molecule has 3 aliphatic rings. The molecular formula is C26H31N9O. The van der Waals surface area contributed by atoms with Crippen LogP contribution in [0.25, 0.3) is 11.3 Å². The van der Waals surface area contributed by atoms with Gasteiger partial charge in [0.15, 0.2) is 5.96 Å². The summed E-state index contributed by atoms with van der Waals surface area (Å²) in [5, 5.41) is 11.1. The molecule has 4 N–H and O–H groups in total. The van der Waals surface area contributed by atoms with Gasteiger partial charge >= 0.3 is 0 Å². The van der Waals surface area contributed by atoms with Gasteiger partial charge in [-0.2, -0.15) is 0 Å². The summed E-state index contributed by atoms with van der Waals surface area (Å²) in [5.74, 6) is 1.70. The summed E-state index contributed by atoms with van der Waals surface area (Å²) in [5.41, 5.74) is 10.9. The fourth-order valence-electron chi connectivity index (χ4n) is 5.54. The first-order chi connectivity index (χ1) is 17.5. The Labute approximate surface area is 210 Å². The van der Waals surface area contributed by atoms with Gasteiger partial charge in [0.25, 0.3) is 0 Å². The van der Waals surface area contributed by atoms with Gasteiger partial charge in [0.1, 0.15) is 5.82 Å². The number of aromatic nitrogens is 3. The van der Waals surface area contributed by atoms with E-state index in [0.29, 0.717) is 18.0 Å². The van der Waals surface area contributed by atoms with Crippen LogP contribution in [0.3, 0.4) is 0 Å². The number of hydrogen-bond donors (Lipinski definition) is 3. The highest BCUT2D eigenvalue weighted by atomic mass is 16.5. The number of piperazine rings is 1. The van der Waals surface area contributed by atoms with Gasteiger partial charge in [-0.25, -0.2) is 15.0 Å². The van der Waals surface area contributed by atoms with Gasteiger partial charge in [-0.05, 0) is 55.3 Å². The molecule has 6 rings (SSSR count). The van der Waals surface area contributed by atoms with E-state index in [1.807, 2.05) is 23.2 Å². The highest BCUT2D eigenvalue weighted by Crippen LogP contribution is 2.36. The van der Waals surface area contributed by atoms with Gasteiger partial charge in [0, 0.05) is 61.6 Å². The van der Waals surface area contributed by atoms with Crippen LogP contribution in [0.15, 0.2) is 48.8 Å². The van der Waals surface area contributed by atoms with Crippen molar-refractivity contribution in [1.29, 1.82) is 5.41 Å². The number of nitrogens with one attached hydrogen (secondary N) is 2. The third kappa shape index (κ3) is 4.28. The second kappa shape index (κ2) is 9.27. The predicted octanol–water partition coefficient (Wildman–Crippen LogP) is 2.58. The van der Waals surface area contributed by atoms with Crippen molar-refractivity contribution in [1.82, 2.24) is 19.9 Å². The van der Waals surface area contributed by atoms with Crippen LogP contribution < -0.4 is 20.9 Å². The third-order valence-corrected chi connectivity index (χ3v) is 7.35. The van der Waals surface area contributed by atoms with Crippen molar-refractivity contribution < 1.29 is 4.74 Å². The van der Waals surface area contributed by atoms with Crippen LogP contribution in [0.2, 0.25) is 0 Å². The van der Waals surface area contributed by atoms with Crippen molar-refractivity contribution in [2.75, 3.05) is 54.5 Å². The van der Waals surface area contributed by atoms with Crippen LogP contribution in [0.5, 0.6) is 0 Å². The van der Waals surface area contributed by atoms with Crippen LogP contribution in [-0.2, 0) is 4.74 Å². The summed E-state index contributed by atoms with van der Waals surface area (Å²) in [7, 11) is 0. The van der Waals surface area contributed by atoms with Gasteiger partial charge in [-0.15, -0.1) is 0 Å². The lowest BCUT2D eigenvalue weighted by Gasteiger charge is -2.36. The van der Waals surface area contributed by atoms with Crippen molar-refractivity contribution in [2.24, 2.45) is 5.73 Å². The minimum Gasteiger partial charge on any atom is -0.378 e. The summed E-state index contributed by atoms with van der Waals surface area (Å²) in [4.78, 5) is 20.5. The maximum Gasteiger partial charge on any atom is 0.227 e. The fraction of sp³-hybridized carbons (Fsp3) is 0.385. The quantitative estimate of drug-likeness (QED) is 0.370. The largest absolute Gasteiger partial charge is 0.378 e. The number of nitrogens with zero attached hydrogens (tertiary/aromatic N) is 6. The summed E-state index contributed by atoms with van der Waals surface area (Å²) < 4.78 is 5.43. The zero-order valence-electron chi connectivity index (χ0n) is 20.4. The molecule has 3 aromatic rings. The van der Waals surface area contributed by atoms with E-state index in [9.17, 15) is 0 Å². The molecule has 0 saturated carbocycles. The van der Waals surface area contributed by atoms with Crippen LogP contribution in [-0.4, -0.2) is 77.3 Å². The summed E-state index contributed by atoms with van der Waals surface area (Å²) in [6.45, 7) is 7.06. The Hall–Kier alpha value is -3.92. The van der Waals surface area contributed by atoms with Crippen LogP contribution in [0, 0.1) is 12.3 Å². The number of nitrogens with two attached hydrogens (primary N) is 1. The van der Waals surface area contributed by atoms with Crippen LogP contribution in [0.1, 0.15) is 12.0 Å². The molecule has 1 aromatic carbocycles. The molecule has 3 aliphatic heterocycles. The van der Waals surface area contributed by atoms with E-state index >= 15 is 0 Å². The average Bonchev–Trinajstić information content (AvgIpc) is 3.51. The number of benzene rings is 1. The first kappa shape index (κ1) is 22.5. The second-order valence-corrected chi connectivity index (χ2v) is 9.63. The smallest absolute Gasteiger partial charge is 0.227 e. The molecule has 10 nitrogen and oxygen atoms in total. The van der Waals surface area contributed by atoms with Crippen LogP contribution >= 0.6 is 0 Å². The fourth-order valence-corrected chi connectivity index (χ4v) is 5.54. The number of rotatable bonds is 5. The molecule has 0 unspecified atom stereocenters. The van der Waals surface area contributed by atoms with E-state index in [2.05, 4.69) is 56.3 Å². The van der Waals surface area contributed by atoms with Crippen molar-refractivity contribution in [3.05, 3.63) is 54.4 Å². The Morgan fingerprint density at radius 2 is 1.94 bits per heavy atom. The lowest BCUT2D eigenvalue weighted by atomic mass is 10.1. The normalized spacial score (nSPS) is 21.2. The number of morpholine rings is 1. The number of pyridine rings is 1. The summed E-state index contributed by atoms with van der Waals surface area (Å²) in [6.07, 6.45) is 4.69. The number of fused-ring (bicyclic) bond motifs is 2. The van der Waals surface area contributed by atoms with E-state index in [4.69, 9.17) is 20.9 Å². The van der Waals surface area contributed by atoms with Crippen LogP contribution in [0.4, 0.5) is 23.1 Å². The number of guanidine groups is 1. The first-order valence-corrected chi connectivity index (χ1v) is 12.4. The van der Waals surface area contributed by atoms with Gasteiger partial charge in [-0.3, -0.25) is 5.41 Å². The van der Waals surface area contributed by atoms with Crippen molar-refractivity contribution in [3.63, 3.8) is 0 Å². The van der Waals surface area contributed by atoms with E-state index in [0.717, 1.165) is 68.6 Å². The molecule has 3 saturated heterocycles. The summed E-state index contributed by atoms with van der Waals surface area (Å²) in [6, 6.07) is 13.1. The second-order valence-electron chi connectivity index (χ2n) is 9.63. The molecule has 36 heavy (non-hydrogen) atoms. The maximum atomic E-state index is 7.77. The molecule has 0 amide bonds. The van der Waals surface area contributed by atoms with Gasteiger partial charge in [-0.1, -0.05) is 0 Å². The lowest BCUT2D eigenvalue weighted by Crippen LogP contribution is -2.51. The van der Waals surface area contributed by atoms with Crippen molar-refractivity contribution in [2.45, 2.75) is 25.4 Å². The van der Waals surface area contributed by atoms with E-state index < -0.39 is 0 Å². The number of likely N-dealkylation sites (tertiary alicyclic amines) is 1. The number of aryl methyl sites for hydroxylation is 1. The Morgan fingerprint density at radius 3 is 2.64 bits per heavy atom. The zero-order chi connectivity index (χ0) is 24.6. The minimum absolute atomic E-state index is 0.185. The molecule has 2 bridgehead atoms.